The zero-order valence-corrected chi connectivity index (χ0v) is 12.3. The number of aromatic nitrogens is 1. The van der Waals surface area contributed by atoms with Gasteiger partial charge in [-0.15, -0.1) is 0 Å². The molecule has 0 fully saturated rings. The number of carbonyl (C=O) groups is 1. The van der Waals surface area contributed by atoms with Crippen molar-refractivity contribution in [1.82, 2.24) is 4.98 Å². The van der Waals surface area contributed by atoms with Crippen molar-refractivity contribution in [2.45, 2.75) is 6.92 Å². The molecule has 0 bridgehead atoms. The quantitative estimate of drug-likeness (QED) is 0.734. The van der Waals surface area contributed by atoms with Gasteiger partial charge in [-0.1, -0.05) is 48.5 Å². The number of hydrogen-bond acceptors (Lipinski definition) is 2. The van der Waals surface area contributed by atoms with Crippen molar-refractivity contribution in [3.8, 4) is 0 Å². The molecular weight excluding hydrogens is 272 g/mol. The van der Waals surface area contributed by atoms with E-state index in [1.54, 1.807) is 12.2 Å². The van der Waals surface area contributed by atoms with Crippen LogP contribution in [0.2, 0.25) is 0 Å². The lowest BCUT2D eigenvalue weighted by atomic mass is 10.1. The number of aryl methyl sites for hydroxylation is 1. The fourth-order valence-electron chi connectivity index (χ4n) is 2.32. The molecular formula is C19H16N2O. The van der Waals surface area contributed by atoms with Crippen LogP contribution in [0.5, 0.6) is 0 Å². The molecule has 108 valence electrons. The topological polar surface area (TPSA) is 42.0 Å². The number of carbonyl (C=O) groups excluding carboxylic acids is 1. The van der Waals surface area contributed by atoms with E-state index in [0.717, 1.165) is 27.8 Å². The van der Waals surface area contributed by atoms with Gasteiger partial charge in [0.1, 0.15) is 0 Å². The Labute approximate surface area is 129 Å². The molecule has 3 heteroatoms. The second-order valence-electron chi connectivity index (χ2n) is 5.06. The Hall–Kier alpha value is -2.94. The number of nitrogens with zero attached hydrogens (tertiary/aromatic N) is 1. The van der Waals surface area contributed by atoms with Crippen molar-refractivity contribution >= 4 is 28.6 Å². The lowest BCUT2D eigenvalue weighted by Crippen LogP contribution is -2.08. The molecule has 0 unspecified atom stereocenters. The van der Waals surface area contributed by atoms with Gasteiger partial charge in [0.05, 0.1) is 11.2 Å². The average molecular weight is 288 g/mol. The van der Waals surface area contributed by atoms with E-state index in [0.29, 0.717) is 0 Å². The molecule has 1 amide bonds. The highest BCUT2D eigenvalue weighted by Gasteiger charge is 2.05. The van der Waals surface area contributed by atoms with E-state index in [1.165, 1.54) is 0 Å². The van der Waals surface area contributed by atoms with Crippen LogP contribution in [0.15, 0.2) is 66.7 Å². The largest absolute Gasteiger partial charge is 0.322 e. The number of benzene rings is 2. The van der Waals surface area contributed by atoms with Gasteiger partial charge < -0.3 is 5.32 Å². The van der Waals surface area contributed by atoms with Crippen LogP contribution in [0.1, 0.15) is 11.3 Å². The molecule has 0 saturated heterocycles. The second kappa shape index (κ2) is 6.22. The third kappa shape index (κ3) is 3.20. The van der Waals surface area contributed by atoms with Gasteiger partial charge in [-0.05, 0) is 30.7 Å². The Kier molecular flexibility index (Phi) is 3.97. The van der Waals surface area contributed by atoms with Crippen molar-refractivity contribution in [3.05, 3.63) is 78.0 Å². The molecule has 1 heterocycles. The Morgan fingerprint density at radius 3 is 2.59 bits per heavy atom. The van der Waals surface area contributed by atoms with Crippen LogP contribution in [0, 0.1) is 6.92 Å². The lowest BCUT2D eigenvalue weighted by Gasteiger charge is -2.08. The van der Waals surface area contributed by atoms with E-state index in [9.17, 15) is 4.79 Å². The highest BCUT2D eigenvalue weighted by Crippen LogP contribution is 2.22. The van der Waals surface area contributed by atoms with Crippen LogP contribution in [-0.2, 0) is 4.79 Å². The van der Waals surface area contributed by atoms with Gasteiger partial charge in [-0.25, -0.2) is 0 Å². The van der Waals surface area contributed by atoms with Gasteiger partial charge >= 0.3 is 0 Å². The molecule has 3 aromatic rings. The molecule has 0 atom stereocenters. The number of amides is 1. The first-order valence-electron chi connectivity index (χ1n) is 7.13. The van der Waals surface area contributed by atoms with Crippen molar-refractivity contribution < 1.29 is 4.79 Å². The Bertz CT molecular complexity index is 838. The van der Waals surface area contributed by atoms with Crippen molar-refractivity contribution in [1.29, 1.82) is 0 Å². The number of anilines is 1. The first-order valence-corrected chi connectivity index (χ1v) is 7.13. The van der Waals surface area contributed by atoms with Gasteiger partial charge in [0, 0.05) is 17.2 Å². The maximum absolute atomic E-state index is 12.1. The number of para-hydroxylation sites is 1. The van der Waals surface area contributed by atoms with Crippen molar-refractivity contribution in [3.63, 3.8) is 0 Å². The van der Waals surface area contributed by atoms with E-state index >= 15 is 0 Å². The minimum absolute atomic E-state index is 0.153. The van der Waals surface area contributed by atoms with Crippen molar-refractivity contribution in [2.75, 3.05) is 5.32 Å². The molecule has 0 radical (unpaired) electrons. The Balaban J connectivity index is 1.84. The van der Waals surface area contributed by atoms with Crippen LogP contribution in [0.4, 0.5) is 5.69 Å². The zero-order chi connectivity index (χ0) is 15.4. The van der Waals surface area contributed by atoms with Gasteiger partial charge in [-0.3, -0.25) is 9.78 Å². The van der Waals surface area contributed by atoms with Crippen LogP contribution in [0.3, 0.4) is 0 Å². The molecule has 0 saturated carbocycles. The summed E-state index contributed by atoms with van der Waals surface area (Å²) in [6, 6.07) is 19.4. The van der Waals surface area contributed by atoms with Crippen LogP contribution < -0.4 is 5.32 Å². The summed E-state index contributed by atoms with van der Waals surface area (Å²) < 4.78 is 0. The SMILES string of the molecule is Cc1cc(NC(=O)/C=C/c2ccccc2)c2ccccc2n1. The Morgan fingerprint density at radius 2 is 1.77 bits per heavy atom. The minimum Gasteiger partial charge on any atom is -0.322 e. The lowest BCUT2D eigenvalue weighted by molar-refractivity contribution is -0.111. The summed E-state index contributed by atoms with van der Waals surface area (Å²) >= 11 is 0. The molecule has 3 rings (SSSR count). The molecule has 0 aliphatic carbocycles. The summed E-state index contributed by atoms with van der Waals surface area (Å²) in [5.41, 5.74) is 3.53. The van der Waals surface area contributed by atoms with E-state index < -0.39 is 0 Å². The van der Waals surface area contributed by atoms with Gasteiger partial charge in [-0.2, -0.15) is 0 Å². The molecule has 0 spiro atoms. The fourth-order valence-corrected chi connectivity index (χ4v) is 2.32. The Morgan fingerprint density at radius 1 is 1.05 bits per heavy atom. The fraction of sp³-hybridized carbons (Fsp3) is 0.0526. The summed E-state index contributed by atoms with van der Waals surface area (Å²) in [4.78, 5) is 16.6. The number of pyridine rings is 1. The van der Waals surface area contributed by atoms with Crippen LogP contribution in [0.25, 0.3) is 17.0 Å². The highest BCUT2D eigenvalue weighted by molar-refractivity contribution is 6.07. The zero-order valence-electron chi connectivity index (χ0n) is 12.3. The number of fused-ring (bicyclic) bond motifs is 1. The van der Waals surface area contributed by atoms with Gasteiger partial charge in [0.2, 0.25) is 5.91 Å². The smallest absolute Gasteiger partial charge is 0.248 e. The third-order valence-electron chi connectivity index (χ3n) is 3.33. The number of hydrogen-bond donors (Lipinski definition) is 1. The first-order chi connectivity index (χ1) is 10.7. The minimum atomic E-state index is -0.153. The molecule has 0 aliphatic heterocycles. The van der Waals surface area contributed by atoms with Gasteiger partial charge in [0.25, 0.3) is 0 Å². The average Bonchev–Trinajstić information content (AvgIpc) is 2.54. The molecule has 1 N–H and O–H groups in total. The summed E-state index contributed by atoms with van der Waals surface area (Å²) in [7, 11) is 0. The molecule has 22 heavy (non-hydrogen) atoms. The van der Waals surface area contributed by atoms with E-state index in [4.69, 9.17) is 0 Å². The molecule has 1 aromatic heterocycles. The second-order valence-corrected chi connectivity index (χ2v) is 5.06. The molecule has 0 aliphatic rings. The molecule has 2 aromatic carbocycles. The number of nitrogens with one attached hydrogen (secondary N) is 1. The normalized spacial score (nSPS) is 11.0. The maximum atomic E-state index is 12.1. The van der Waals surface area contributed by atoms with Crippen LogP contribution in [-0.4, -0.2) is 10.9 Å². The van der Waals surface area contributed by atoms with E-state index in [2.05, 4.69) is 10.3 Å². The summed E-state index contributed by atoms with van der Waals surface area (Å²) in [6.07, 6.45) is 3.34. The molecule has 3 nitrogen and oxygen atoms in total. The van der Waals surface area contributed by atoms with Gasteiger partial charge in [0.15, 0.2) is 0 Å². The van der Waals surface area contributed by atoms with E-state index in [-0.39, 0.29) is 5.91 Å². The highest BCUT2D eigenvalue weighted by atomic mass is 16.1. The first kappa shape index (κ1) is 14.0. The summed E-state index contributed by atoms with van der Waals surface area (Å²) in [5, 5.41) is 3.87. The van der Waals surface area contributed by atoms with Crippen LogP contribution >= 0.6 is 0 Å². The van der Waals surface area contributed by atoms with Crippen molar-refractivity contribution in [2.24, 2.45) is 0 Å². The monoisotopic (exact) mass is 288 g/mol. The maximum Gasteiger partial charge on any atom is 0.248 e. The summed E-state index contributed by atoms with van der Waals surface area (Å²) in [5.74, 6) is -0.153. The predicted octanol–water partition coefficient (Wildman–Crippen LogP) is 4.20. The van der Waals surface area contributed by atoms with E-state index in [1.807, 2.05) is 67.6 Å². The predicted molar refractivity (Wildman–Crippen MR) is 90.6 cm³/mol. The summed E-state index contributed by atoms with van der Waals surface area (Å²) in [6.45, 7) is 1.92. The number of rotatable bonds is 3. The third-order valence-corrected chi connectivity index (χ3v) is 3.33. The standard InChI is InChI=1S/C19H16N2O/c1-14-13-18(16-9-5-6-10-17(16)20-14)21-19(22)12-11-15-7-3-2-4-8-15/h2-13H,1H3,(H,20,21,22)/b12-11+.